The molecule has 162 valence electrons. The second kappa shape index (κ2) is 11.7. The Hall–Kier alpha value is -1.44. The minimum atomic E-state index is 0.168. The van der Waals surface area contributed by atoms with E-state index < -0.39 is 0 Å². The molecule has 2 aromatic heterocycles. The van der Waals surface area contributed by atoms with Crippen LogP contribution in [0.15, 0.2) is 16.8 Å². The largest absolute Gasteiger partial charge is 0.439 e. The van der Waals surface area contributed by atoms with Gasteiger partial charge in [-0.3, -0.25) is 0 Å². The molecule has 1 saturated heterocycles. The number of nitrogen functional groups attached to an aromatic ring is 1. The van der Waals surface area contributed by atoms with Gasteiger partial charge in [0.2, 0.25) is 5.95 Å². The molecule has 3 rings (SSSR count). The van der Waals surface area contributed by atoms with Crippen LogP contribution in [0.3, 0.4) is 0 Å². The SMILES string of the molecule is C=S(C)C(C)CCCC.CN1CCC(c2ncc(-c3nc(N)ncc3Cl)o2)CC1. The van der Waals surface area contributed by atoms with E-state index in [1.54, 1.807) is 6.20 Å². The zero-order valence-corrected chi connectivity index (χ0v) is 19.6. The van der Waals surface area contributed by atoms with Gasteiger partial charge in [-0.25, -0.2) is 15.0 Å². The smallest absolute Gasteiger partial charge is 0.220 e. The van der Waals surface area contributed by atoms with Gasteiger partial charge in [0.15, 0.2) is 11.7 Å². The number of oxazole rings is 1. The number of nitrogens with zero attached hydrogens (tertiary/aromatic N) is 4. The van der Waals surface area contributed by atoms with Crippen LogP contribution in [-0.2, 0) is 0 Å². The summed E-state index contributed by atoms with van der Waals surface area (Å²) in [7, 11) is 2.51. The minimum absolute atomic E-state index is 0.168. The molecule has 6 nitrogen and oxygen atoms in total. The molecule has 2 N–H and O–H groups in total. The third-order valence-electron chi connectivity index (χ3n) is 5.24. The van der Waals surface area contributed by atoms with Crippen molar-refractivity contribution in [2.24, 2.45) is 0 Å². The molecule has 8 heteroatoms. The first-order valence-electron chi connectivity index (χ1n) is 10.2. The van der Waals surface area contributed by atoms with E-state index in [1.807, 2.05) is 0 Å². The number of anilines is 1. The van der Waals surface area contributed by atoms with Gasteiger partial charge >= 0.3 is 0 Å². The van der Waals surface area contributed by atoms with Gasteiger partial charge in [0.25, 0.3) is 0 Å². The van der Waals surface area contributed by atoms with Gasteiger partial charge in [-0.2, -0.15) is 10.5 Å². The summed E-state index contributed by atoms with van der Waals surface area (Å²) in [6.07, 6.45) is 11.5. The molecule has 1 aliphatic rings. The number of unbranched alkanes of at least 4 members (excludes halogenated alkanes) is 1. The van der Waals surface area contributed by atoms with Crippen LogP contribution in [0.25, 0.3) is 11.5 Å². The number of aromatic nitrogens is 3. The van der Waals surface area contributed by atoms with Crippen LogP contribution in [0.1, 0.15) is 57.8 Å². The first-order chi connectivity index (χ1) is 13.8. The quantitative estimate of drug-likeness (QED) is 0.632. The summed E-state index contributed by atoms with van der Waals surface area (Å²) in [4.78, 5) is 14.6. The summed E-state index contributed by atoms with van der Waals surface area (Å²) in [6.45, 7) is 6.66. The van der Waals surface area contributed by atoms with Crippen molar-refractivity contribution in [2.75, 3.05) is 32.1 Å². The Morgan fingerprint density at radius 3 is 2.66 bits per heavy atom. The van der Waals surface area contributed by atoms with E-state index in [2.05, 4.69) is 52.9 Å². The number of likely N-dealkylation sites (tertiary alicyclic amines) is 1. The average molecular weight is 440 g/mol. The Kier molecular flexibility index (Phi) is 9.59. The van der Waals surface area contributed by atoms with Crippen molar-refractivity contribution in [3.8, 4) is 11.5 Å². The summed E-state index contributed by atoms with van der Waals surface area (Å²) >= 11 is 6.07. The fraction of sp³-hybridized carbons (Fsp3) is 0.619. The average Bonchev–Trinajstić information content (AvgIpc) is 3.19. The minimum Gasteiger partial charge on any atom is -0.439 e. The van der Waals surface area contributed by atoms with Crippen molar-refractivity contribution in [3.63, 3.8) is 0 Å². The van der Waals surface area contributed by atoms with Gasteiger partial charge in [-0.05, 0) is 50.9 Å². The standard InChI is InChI=1S/C13H16ClN5O.C8H18S/c1-19-4-2-8(3-5-19)12-16-7-10(20-12)11-9(14)6-17-13(15)18-11;1-5-6-7-8(2)9(3)4/h6-8H,2-5H2,1H3,(H2,15,17,18);8H,3,5-7H2,1-2,4H3. The first-order valence-corrected chi connectivity index (χ1v) is 12.4. The number of hydrogen-bond acceptors (Lipinski definition) is 6. The van der Waals surface area contributed by atoms with Crippen molar-refractivity contribution in [2.45, 2.75) is 57.1 Å². The van der Waals surface area contributed by atoms with Gasteiger partial charge in [0, 0.05) is 5.92 Å². The molecule has 2 atom stereocenters. The number of halogens is 1. The summed E-state index contributed by atoms with van der Waals surface area (Å²) in [5.41, 5.74) is 6.07. The maximum absolute atomic E-state index is 6.07. The molecule has 29 heavy (non-hydrogen) atoms. The Morgan fingerprint density at radius 2 is 2.03 bits per heavy atom. The number of nitrogens with two attached hydrogens (primary N) is 1. The second-order valence-corrected chi connectivity index (χ2v) is 10.3. The molecular weight excluding hydrogens is 406 g/mol. The highest BCUT2D eigenvalue weighted by Crippen LogP contribution is 2.32. The van der Waals surface area contributed by atoms with E-state index in [4.69, 9.17) is 21.8 Å². The van der Waals surface area contributed by atoms with E-state index in [0.717, 1.165) is 37.1 Å². The lowest BCUT2D eigenvalue weighted by molar-refractivity contribution is 0.238. The fourth-order valence-electron chi connectivity index (χ4n) is 3.09. The van der Waals surface area contributed by atoms with Gasteiger partial charge in [0.1, 0.15) is 5.69 Å². The zero-order chi connectivity index (χ0) is 21.4. The third kappa shape index (κ3) is 7.39. The monoisotopic (exact) mass is 439 g/mol. The van der Waals surface area contributed by atoms with Crippen LogP contribution in [0.5, 0.6) is 0 Å². The molecular formula is C21H34ClN5OS. The maximum atomic E-state index is 6.07. The molecule has 1 fully saturated rings. The van der Waals surface area contributed by atoms with Crippen molar-refractivity contribution in [1.29, 1.82) is 0 Å². The van der Waals surface area contributed by atoms with Crippen molar-refractivity contribution >= 4 is 33.9 Å². The highest BCUT2D eigenvalue weighted by Gasteiger charge is 2.23. The molecule has 3 heterocycles. The lowest BCUT2D eigenvalue weighted by atomic mass is 9.97. The summed E-state index contributed by atoms with van der Waals surface area (Å²) in [6, 6.07) is 0. The highest BCUT2D eigenvalue weighted by molar-refractivity contribution is 8.14. The zero-order valence-electron chi connectivity index (χ0n) is 18.0. The molecule has 0 aromatic carbocycles. The van der Waals surface area contributed by atoms with Gasteiger partial charge < -0.3 is 15.1 Å². The molecule has 0 bridgehead atoms. The van der Waals surface area contributed by atoms with Crippen LogP contribution in [0, 0.1) is 0 Å². The van der Waals surface area contributed by atoms with Crippen molar-refractivity contribution < 1.29 is 4.42 Å². The third-order valence-corrected chi connectivity index (χ3v) is 7.12. The van der Waals surface area contributed by atoms with E-state index >= 15 is 0 Å². The predicted molar refractivity (Wildman–Crippen MR) is 126 cm³/mol. The molecule has 1 aliphatic heterocycles. The normalized spacial score (nSPS) is 17.4. The van der Waals surface area contributed by atoms with E-state index in [-0.39, 0.29) is 5.95 Å². The van der Waals surface area contributed by atoms with Crippen LogP contribution >= 0.6 is 22.1 Å². The molecule has 0 spiro atoms. The molecule has 0 saturated carbocycles. The van der Waals surface area contributed by atoms with Gasteiger partial charge in [-0.15, -0.1) is 0 Å². The van der Waals surface area contributed by atoms with E-state index in [0.29, 0.717) is 32.9 Å². The molecule has 0 amide bonds. The summed E-state index contributed by atoms with van der Waals surface area (Å²) in [5.74, 6) is 5.84. The second-order valence-electron chi connectivity index (χ2n) is 7.71. The number of piperidine rings is 1. The lowest BCUT2D eigenvalue weighted by Gasteiger charge is -2.26. The summed E-state index contributed by atoms with van der Waals surface area (Å²) < 4.78 is 5.82. The van der Waals surface area contributed by atoms with Crippen LogP contribution in [-0.4, -0.2) is 57.4 Å². The van der Waals surface area contributed by atoms with Crippen molar-refractivity contribution in [1.82, 2.24) is 19.9 Å². The Bertz CT molecular complexity index is 789. The molecule has 0 radical (unpaired) electrons. The van der Waals surface area contributed by atoms with Crippen LogP contribution in [0.4, 0.5) is 5.95 Å². The summed E-state index contributed by atoms with van der Waals surface area (Å²) in [5, 5.41) is 1.25. The van der Waals surface area contributed by atoms with E-state index in [1.165, 1.54) is 25.5 Å². The number of hydrogen-bond donors (Lipinski definition) is 1. The van der Waals surface area contributed by atoms with Crippen LogP contribution in [0.2, 0.25) is 5.02 Å². The molecule has 0 aliphatic carbocycles. The Balaban J connectivity index is 0.000000284. The Labute approximate surface area is 182 Å². The van der Waals surface area contributed by atoms with Crippen LogP contribution < -0.4 is 5.73 Å². The Morgan fingerprint density at radius 1 is 1.34 bits per heavy atom. The van der Waals surface area contributed by atoms with Gasteiger partial charge in [0.05, 0.1) is 17.4 Å². The topological polar surface area (TPSA) is 81.1 Å². The molecule has 2 aromatic rings. The molecule has 2 unspecified atom stereocenters. The number of rotatable bonds is 6. The fourth-order valence-corrected chi connectivity index (χ4v) is 3.84. The predicted octanol–water partition coefficient (Wildman–Crippen LogP) is 5.07. The highest BCUT2D eigenvalue weighted by atomic mass is 35.5. The van der Waals surface area contributed by atoms with E-state index in [9.17, 15) is 0 Å². The first kappa shape index (κ1) is 23.8. The lowest BCUT2D eigenvalue weighted by Crippen LogP contribution is -2.29. The van der Waals surface area contributed by atoms with Gasteiger partial charge in [-0.1, -0.05) is 44.2 Å². The maximum Gasteiger partial charge on any atom is 0.220 e. The van der Waals surface area contributed by atoms with Crippen molar-refractivity contribution in [3.05, 3.63) is 23.3 Å².